The molecule has 1 N–H and O–H groups in total. The first kappa shape index (κ1) is 21.4. The van der Waals surface area contributed by atoms with Crippen LogP contribution in [0.1, 0.15) is 4.88 Å². The number of ether oxygens (including phenoxy) is 1. The average molecular weight is 489 g/mol. The fourth-order valence-electron chi connectivity index (χ4n) is 3.11. The van der Waals surface area contributed by atoms with Gasteiger partial charge in [-0.1, -0.05) is 29.3 Å². The fourth-order valence-corrected chi connectivity index (χ4v) is 4.30. The molecule has 0 fully saturated rings. The van der Waals surface area contributed by atoms with Crippen molar-refractivity contribution >= 4 is 40.2 Å². The number of hydrogen-bond acceptors (Lipinski definition) is 5. The van der Waals surface area contributed by atoms with E-state index in [2.05, 4.69) is 9.72 Å². The van der Waals surface area contributed by atoms with Gasteiger partial charge in [0, 0.05) is 22.8 Å². The summed E-state index contributed by atoms with van der Waals surface area (Å²) in [7, 11) is 0. The van der Waals surface area contributed by atoms with E-state index in [1.807, 2.05) is 0 Å². The number of benzene rings is 1. The van der Waals surface area contributed by atoms with Crippen molar-refractivity contribution in [3.05, 3.63) is 73.5 Å². The van der Waals surface area contributed by atoms with Crippen LogP contribution in [0, 0.1) is 0 Å². The molecule has 0 radical (unpaired) electrons. The van der Waals surface area contributed by atoms with Crippen molar-refractivity contribution in [2.24, 2.45) is 0 Å². The van der Waals surface area contributed by atoms with Crippen LogP contribution >= 0.6 is 34.5 Å². The van der Waals surface area contributed by atoms with Gasteiger partial charge in [0.1, 0.15) is 12.3 Å². The van der Waals surface area contributed by atoms with Gasteiger partial charge in [0.2, 0.25) is 0 Å². The fraction of sp³-hybridized carbons (Fsp3) is 0.105. The highest BCUT2D eigenvalue weighted by molar-refractivity contribution is 7.15. The van der Waals surface area contributed by atoms with Crippen LogP contribution in [0.5, 0.6) is 11.6 Å². The Kier molecular flexibility index (Phi) is 5.54. The molecule has 0 aliphatic heterocycles. The monoisotopic (exact) mass is 488 g/mol. The summed E-state index contributed by atoms with van der Waals surface area (Å²) in [5.74, 6) is -1.08. The van der Waals surface area contributed by atoms with Crippen LogP contribution < -0.4 is 14.7 Å². The summed E-state index contributed by atoms with van der Waals surface area (Å²) < 4.78 is 45.0. The van der Waals surface area contributed by atoms with Crippen molar-refractivity contribution in [3.63, 3.8) is 0 Å². The molecule has 0 atom stereocenters. The summed E-state index contributed by atoms with van der Waals surface area (Å²) >= 11 is 13.0. The average Bonchev–Trinajstić information content (AvgIpc) is 3.08. The summed E-state index contributed by atoms with van der Waals surface area (Å²) in [4.78, 5) is 17.8. The van der Waals surface area contributed by atoms with Gasteiger partial charge < -0.3 is 9.84 Å². The van der Waals surface area contributed by atoms with Crippen molar-refractivity contribution < 1.29 is 27.4 Å². The highest BCUT2D eigenvalue weighted by Gasteiger charge is 2.32. The number of thiazole rings is 1. The molecule has 0 saturated heterocycles. The highest BCUT2D eigenvalue weighted by Crippen LogP contribution is 2.34. The summed E-state index contributed by atoms with van der Waals surface area (Å²) in [5, 5.41) is 10.9. The summed E-state index contributed by atoms with van der Waals surface area (Å²) in [5.41, 5.74) is -0.573. The van der Waals surface area contributed by atoms with E-state index >= 15 is 0 Å². The minimum Gasteiger partial charge on any atom is -0.477 e. The molecule has 1 aromatic carbocycles. The Hall–Kier alpha value is -2.82. The van der Waals surface area contributed by atoms with E-state index in [4.69, 9.17) is 23.2 Å². The minimum absolute atomic E-state index is 0.0383. The molecular weight excluding hydrogens is 478 g/mol. The molecule has 0 aliphatic rings. The second-order valence-corrected chi connectivity index (χ2v) is 8.46. The van der Waals surface area contributed by atoms with Crippen molar-refractivity contribution in [2.45, 2.75) is 12.9 Å². The van der Waals surface area contributed by atoms with Crippen molar-refractivity contribution in [1.82, 2.24) is 9.55 Å². The van der Waals surface area contributed by atoms with Crippen LogP contribution in [0.4, 0.5) is 13.2 Å². The Morgan fingerprint density at radius 3 is 2.68 bits per heavy atom. The quantitative estimate of drug-likeness (QED) is 0.424. The van der Waals surface area contributed by atoms with Crippen LogP contribution in [0.15, 0.2) is 53.6 Å². The molecule has 0 bridgehead atoms. The zero-order valence-electron chi connectivity index (χ0n) is 15.2. The van der Waals surface area contributed by atoms with Gasteiger partial charge in [0.15, 0.2) is 10.0 Å². The second kappa shape index (κ2) is 8.03. The van der Waals surface area contributed by atoms with Crippen molar-refractivity contribution in [3.8, 4) is 22.8 Å². The first-order valence-corrected chi connectivity index (χ1v) is 10.1. The lowest BCUT2D eigenvalue weighted by Crippen LogP contribution is -2.43. The van der Waals surface area contributed by atoms with Gasteiger partial charge in [0.25, 0.3) is 11.5 Å². The van der Waals surface area contributed by atoms with E-state index < -0.39 is 23.6 Å². The molecule has 3 aromatic heterocycles. The zero-order chi connectivity index (χ0) is 22.3. The van der Waals surface area contributed by atoms with E-state index in [-0.39, 0.29) is 22.7 Å². The lowest BCUT2D eigenvalue weighted by molar-refractivity contribution is -0.532. The van der Waals surface area contributed by atoms with Crippen LogP contribution in [0.2, 0.25) is 9.49 Å². The standard InChI is InChI=1S/C19H10Cl2F3N3O3S/c20-11-5-10(6-12(7-11)30-19(22,23)24)15-16(28)26-4-2-1-3-14(26)27(17(15)29)9-13-8-25-18(21)31-13/h1-8H,9H2/p+1. The van der Waals surface area contributed by atoms with E-state index in [1.165, 1.54) is 38.8 Å². The smallest absolute Gasteiger partial charge is 0.477 e. The first-order chi connectivity index (χ1) is 14.6. The van der Waals surface area contributed by atoms with Gasteiger partial charge >= 0.3 is 11.9 Å². The molecule has 3 heterocycles. The van der Waals surface area contributed by atoms with Crippen molar-refractivity contribution in [1.29, 1.82) is 0 Å². The Labute approximate surface area is 186 Å². The normalized spacial score (nSPS) is 11.8. The Balaban J connectivity index is 1.96. The maximum atomic E-state index is 13.1. The predicted molar refractivity (Wildman–Crippen MR) is 109 cm³/mol. The summed E-state index contributed by atoms with van der Waals surface area (Å²) in [6, 6.07) is 8.12. The molecule has 0 unspecified atom stereocenters. The van der Waals surface area contributed by atoms with Gasteiger partial charge in [-0.25, -0.2) is 9.78 Å². The molecule has 0 saturated carbocycles. The van der Waals surface area contributed by atoms with Gasteiger partial charge in [-0.3, -0.25) is 0 Å². The Bertz CT molecular complexity index is 1350. The predicted octanol–water partition coefficient (Wildman–Crippen LogP) is 4.67. The molecule has 31 heavy (non-hydrogen) atoms. The maximum Gasteiger partial charge on any atom is 0.573 e. The Morgan fingerprint density at radius 2 is 2.00 bits per heavy atom. The topological polar surface area (TPSA) is 68.4 Å². The van der Waals surface area contributed by atoms with E-state index in [0.717, 1.165) is 12.1 Å². The SMILES string of the molecule is O=c1c(-c2cc(Cl)cc(OC(F)(F)F)c2)c(O)n(Cc2cnc(Cl)s2)c2cccc[n+]12. The largest absolute Gasteiger partial charge is 0.573 e. The van der Waals surface area contributed by atoms with Crippen molar-refractivity contribution in [2.75, 3.05) is 0 Å². The molecule has 0 amide bonds. The van der Waals surface area contributed by atoms with Crippen LogP contribution in [-0.4, -0.2) is 21.0 Å². The highest BCUT2D eigenvalue weighted by atomic mass is 35.5. The third kappa shape index (κ3) is 4.46. The summed E-state index contributed by atoms with van der Waals surface area (Å²) in [6.07, 6.45) is -1.94. The van der Waals surface area contributed by atoms with Gasteiger partial charge in [0.05, 0.1) is 11.1 Å². The number of halogens is 5. The number of alkyl halides is 3. The zero-order valence-corrected chi connectivity index (χ0v) is 17.6. The van der Waals surface area contributed by atoms with E-state index in [9.17, 15) is 23.1 Å². The van der Waals surface area contributed by atoms with Gasteiger partial charge in [-0.15, -0.1) is 24.5 Å². The minimum atomic E-state index is -4.95. The number of pyridine rings is 1. The summed E-state index contributed by atoms with van der Waals surface area (Å²) in [6.45, 7) is 0.115. The molecule has 4 aromatic rings. The molecule has 0 spiro atoms. The Morgan fingerprint density at radius 1 is 1.23 bits per heavy atom. The molecular formula is C19H11Cl2F3N3O3S+. The van der Waals surface area contributed by atoms with Gasteiger partial charge in [-0.05, 0) is 24.3 Å². The first-order valence-electron chi connectivity index (χ1n) is 8.55. The van der Waals surface area contributed by atoms with Crippen LogP contribution in [-0.2, 0) is 6.54 Å². The number of aromatic hydroxyl groups is 1. The molecule has 4 rings (SSSR count). The molecule has 160 valence electrons. The second-order valence-electron chi connectivity index (χ2n) is 6.32. The number of hydrogen-bond donors (Lipinski definition) is 1. The maximum absolute atomic E-state index is 13.1. The van der Waals surface area contributed by atoms with Gasteiger partial charge in [-0.2, -0.15) is 8.97 Å². The van der Waals surface area contributed by atoms with E-state index in [0.29, 0.717) is 15.0 Å². The number of aromatic nitrogens is 3. The van der Waals surface area contributed by atoms with E-state index in [1.54, 1.807) is 18.2 Å². The molecule has 0 aliphatic carbocycles. The lowest BCUT2D eigenvalue weighted by Gasteiger charge is -2.12. The third-order valence-electron chi connectivity index (χ3n) is 4.26. The molecule has 6 nitrogen and oxygen atoms in total. The molecule has 12 heteroatoms. The number of nitrogens with zero attached hydrogens (tertiary/aromatic N) is 3. The third-order valence-corrected chi connectivity index (χ3v) is 5.58. The number of fused-ring (bicyclic) bond motifs is 1. The van der Waals surface area contributed by atoms with Crippen LogP contribution in [0.3, 0.4) is 0 Å². The number of rotatable bonds is 4. The van der Waals surface area contributed by atoms with Crippen LogP contribution in [0.25, 0.3) is 16.8 Å². The lowest BCUT2D eigenvalue weighted by atomic mass is 10.1.